The number of aromatic nitrogens is 4. The van der Waals surface area contributed by atoms with E-state index in [1.807, 2.05) is 30.6 Å². The highest BCUT2D eigenvalue weighted by Gasteiger charge is 2.16. The maximum Gasteiger partial charge on any atom is 0.156 e. The molecule has 6 nitrogen and oxygen atoms in total. The molecule has 1 atom stereocenters. The van der Waals surface area contributed by atoms with Crippen molar-refractivity contribution in [3.63, 3.8) is 0 Å². The van der Waals surface area contributed by atoms with Crippen LogP contribution in [0.2, 0.25) is 0 Å². The molecule has 0 saturated carbocycles. The predicted octanol–water partition coefficient (Wildman–Crippen LogP) is 2.18. The van der Waals surface area contributed by atoms with E-state index in [0.29, 0.717) is 6.04 Å². The molecule has 1 saturated heterocycles. The van der Waals surface area contributed by atoms with Crippen molar-refractivity contribution in [3.8, 4) is 11.3 Å². The van der Waals surface area contributed by atoms with Crippen molar-refractivity contribution >= 4 is 17.0 Å². The molecule has 0 aromatic carbocycles. The van der Waals surface area contributed by atoms with Crippen LogP contribution < -0.4 is 10.6 Å². The van der Waals surface area contributed by atoms with Crippen molar-refractivity contribution in [1.82, 2.24) is 25.3 Å². The molecule has 0 bridgehead atoms. The topological polar surface area (TPSA) is 78.5 Å². The Hall–Kier alpha value is -2.47. The highest BCUT2D eigenvalue weighted by Crippen LogP contribution is 2.26. The van der Waals surface area contributed by atoms with E-state index in [9.17, 15) is 0 Å². The number of hydrogen-bond donors (Lipinski definition) is 3. The molecule has 1 aliphatic rings. The minimum Gasteiger partial charge on any atom is -0.366 e. The zero-order valence-electron chi connectivity index (χ0n) is 12.2. The number of piperidine rings is 1. The number of H-pyrrole nitrogens is 1. The Morgan fingerprint density at radius 3 is 3.14 bits per heavy atom. The van der Waals surface area contributed by atoms with E-state index in [-0.39, 0.29) is 0 Å². The largest absolute Gasteiger partial charge is 0.366 e. The van der Waals surface area contributed by atoms with Gasteiger partial charge in [-0.15, -0.1) is 0 Å². The van der Waals surface area contributed by atoms with Gasteiger partial charge >= 0.3 is 0 Å². The number of anilines is 1. The van der Waals surface area contributed by atoms with E-state index < -0.39 is 0 Å². The van der Waals surface area contributed by atoms with Crippen LogP contribution >= 0.6 is 0 Å². The van der Waals surface area contributed by atoms with E-state index in [2.05, 4.69) is 30.6 Å². The van der Waals surface area contributed by atoms with Gasteiger partial charge in [-0.3, -0.25) is 0 Å². The SMILES string of the molecule is c1cnc(NC2CCCNC2)c(-c2cnc3[nH]ccc3n2)c1. The van der Waals surface area contributed by atoms with Gasteiger partial charge in [0.2, 0.25) is 0 Å². The monoisotopic (exact) mass is 294 g/mol. The van der Waals surface area contributed by atoms with E-state index >= 15 is 0 Å². The van der Waals surface area contributed by atoms with Crippen molar-refractivity contribution in [3.05, 3.63) is 36.8 Å². The van der Waals surface area contributed by atoms with Crippen LogP contribution in [0, 0.1) is 0 Å². The number of fused-ring (bicyclic) bond motifs is 1. The van der Waals surface area contributed by atoms with Gasteiger partial charge in [0, 0.05) is 30.5 Å². The summed E-state index contributed by atoms with van der Waals surface area (Å²) in [6, 6.07) is 6.31. The highest BCUT2D eigenvalue weighted by atomic mass is 15.1. The van der Waals surface area contributed by atoms with Gasteiger partial charge in [-0.25, -0.2) is 15.0 Å². The van der Waals surface area contributed by atoms with Crippen molar-refractivity contribution < 1.29 is 0 Å². The number of aromatic amines is 1. The van der Waals surface area contributed by atoms with Crippen molar-refractivity contribution in [1.29, 1.82) is 0 Å². The third-order valence-corrected chi connectivity index (χ3v) is 3.98. The fraction of sp³-hybridized carbons (Fsp3) is 0.312. The lowest BCUT2D eigenvalue weighted by Crippen LogP contribution is -2.38. The maximum atomic E-state index is 4.67. The van der Waals surface area contributed by atoms with E-state index in [1.165, 1.54) is 6.42 Å². The zero-order valence-corrected chi connectivity index (χ0v) is 12.2. The molecule has 0 aliphatic carbocycles. The fourth-order valence-electron chi connectivity index (χ4n) is 2.86. The van der Waals surface area contributed by atoms with Crippen LogP contribution in [0.4, 0.5) is 5.82 Å². The van der Waals surface area contributed by atoms with Gasteiger partial charge in [-0.05, 0) is 37.6 Å². The first-order valence-electron chi connectivity index (χ1n) is 7.63. The van der Waals surface area contributed by atoms with Crippen LogP contribution in [0.25, 0.3) is 22.4 Å². The molecule has 0 radical (unpaired) electrons. The summed E-state index contributed by atoms with van der Waals surface area (Å²) in [4.78, 5) is 16.7. The van der Waals surface area contributed by atoms with Crippen LogP contribution in [-0.4, -0.2) is 39.1 Å². The average molecular weight is 294 g/mol. The quantitative estimate of drug-likeness (QED) is 0.690. The molecule has 3 N–H and O–H groups in total. The molecule has 1 fully saturated rings. The average Bonchev–Trinajstić information content (AvgIpc) is 3.04. The molecule has 3 aromatic heterocycles. The lowest BCUT2D eigenvalue weighted by Gasteiger charge is -2.25. The Balaban J connectivity index is 1.68. The summed E-state index contributed by atoms with van der Waals surface area (Å²) in [5.41, 5.74) is 3.50. The highest BCUT2D eigenvalue weighted by molar-refractivity contribution is 5.78. The normalized spacial score (nSPS) is 18.5. The van der Waals surface area contributed by atoms with Gasteiger partial charge < -0.3 is 15.6 Å². The molecular formula is C16H18N6. The fourth-order valence-corrected chi connectivity index (χ4v) is 2.86. The third-order valence-electron chi connectivity index (χ3n) is 3.98. The first kappa shape index (κ1) is 13.2. The molecule has 0 spiro atoms. The Bertz CT molecular complexity index is 775. The molecule has 4 heterocycles. The Kier molecular flexibility index (Phi) is 3.44. The summed E-state index contributed by atoms with van der Waals surface area (Å²) in [6.45, 7) is 2.07. The minimum atomic E-state index is 0.409. The lowest BCUT2D eigenvalue weighted by molar-refractivity contribution is 0.479. The van der Waals surface area contributed by atoms with Gasteiger partial charge in [-0.1, -0.05) is 0 Å². The zero-order chi connectivity index (χ0) is 14.8. The Morgan fingerprint density at radius 1 is 1.23 bits per heavy atom. The summed E-state index contributed by atoms with van der Waals surface area (Å²) in [5.74, 6) is 0.875. The van der Waals surface area contributed by atoms with E-state index in [1.54, 1.807) is 6.20 Å². The van der Waals surface area contributed by atoms with Gasteiger partial charge in [0.05, 0.1) is 11.9 Å². The van der Waals surface area contributed by atoms with Crippen molar-refractivity contribution in [2.75, 3.05) is 18.4 Å². The summed E-state index contributed by atoms with van der Waals surface area (Å²) < 4.78 is 0. The number of rotatable bonds is 3. The van der Waals surface area contributed by atoms with Crippen LogP contribution in [0.3, 0.4) is 0 Å². The molecule has 4 rings (SSSR count). The minimum absolute atomic E-state index is 0.409. The lowest BCUT2D eigenvalue weighted by atomic mass is 10.1. The van der Waals surface area contributed by atoms with Gasteiger partial charge in [0.25, 0.3) is 0 Å². The van der Waals surface area contributed by atoms with Crippen LogP contribution in [-0.2, 0) is 0 Å². The second-order valence-electron chi connectivity index (χ2n) is 5.55. The molecule has 6 heteroatoms. The second kappa shape index (κ2) is 5.73. The van der Waals surface area contributed by atoms with Crippen molar-refractivity contribution in [2.45, 2.75) is 18.9 Å². The third kappa shape index (κ3) is 2.53. The molecule has 22 heavy (non-hydrogen) atoms. The second-order valence-corrected chi connectivity index (χ2v) is 5.55. The summed E-state index contributed by atoms with van der Waals surface area (Å²) in [6.07, 6.45) is 7.80. The first-order chi connectivity index (χ1) is 10.9. The van der Waals surface area contributed by atoms with Crippen LogP contribution in [0.1, 0.15) is 12.8 Å². The van der Waals surface area contributed by atoms with Gasteiger partial charge in [-0.2, -0.15) is 0 Å². The number of nitrogens with one attached hydrogen (secondary N) is 3. The standard InChI is InChI=1S/C16H18N6/c1-3-11(9-17-6-1)21-15-12(4-2-7-18-15)14-10-20-16-13(22-14)5-8-19-16/h2,4-5,7-8,10-11,17H,1,3,6,9H2,(H,18,21)(H,19,20). The first-order valence-corrected chi connectivity index (χ1v) is 7.63. The number of hydrogen-bond acceptors (Lipinski definition) is 5. The van der Waals surface area contributed by atoms with Crippen molar-refractivity contribution in [2.24, 2.45) is 0 Å². The Morgan fingerprint density at radius 2 is 2.23 bits per heavy atom. The Labute approximate surface area is 128 Å². The summed E-state index contributed by atoms with van der Waals surface area (Å²) >= 11 is 0. The van der Waals surface area contributed by atoms with Crippen LogP contribution in [0.15, 0.2) is 36.8 Å². The van der Waals surface area contributed by atoms with E-state index in [0.717, 1.165) is 47.7 Å². The molecule has 0 amide bonds. The smallest absolute Gasteiger partial charge is 0.156 e. The molecular weight excluding hydrogens is 276 g/mol. The van der Waals surface area contributed by atoms with Gasteiger partial charge in [0.15, 0.2) is 5.65 Å². The number of nitrogens with zero attached hydrogens (tertiary/aromatic N) is 3. The number of pyridine rings is 1. The van der Waals surface area contributed by atoms with E-state index in [4.69, 9.17) is 0 Å². The van der Waals surface area contributed by atoms with Crippen LogP contribution in [0.5, 0.6) is 0 Å². The molecule has 1 unspecified atom stereocenters. The predicted molar refractivity (Wildman–Crippen MR) is 86.6 cm³/mol. The molecule has 112 valence electrons. The summed E-state index contributed by atoms with van der Waals surface area (Å²) in [7, 11) is 0. The van der Waals surface area contributed by atoms with Gasteiger partial charge in [0.1, 0.15) is 11.3 Å². The molecule has 1 aliphatic heterocycles. The maximum absolute atomic E-state index is 4.67. The molecule has 3 aromatic rings. The summed E-state index contributed by atoms with van der Waals surface area (Å²) in [5, 5.41) is 6.95.